The second-order valence-electron chi connectivity index (χ2n) is 4.38. The van der Waals surface area contributed by atoms with Crippen molar-refractivity contribution in [1.29, 1.82) is 0 Å². The molecule has 2 aromatic rings. The molecule has 5 nitrogen and oxygen atoms in total. The first-order chi connectivity index (χ1) is 9.52. The van der Waals surface area contributed by atoms with Crippen molar-refractivity contribution in [2.45, 2.75) is 18.1 Å². The minimum atomic E-state index is -0.845. The summed E-state index contributed by atoms with van der Waals surface area (Å²) in [4.78, 5) is 15.3. The Bertz CT molecular complexity index is 629. The number of benzene rings is 1. The highest BCUT2D eigenvalue weighted by molar-refractivity contribution is 14.1. The number of fused-ring (bicyclic) bond motifs is 1. The van der Waals surface area contributed by atoms with Crippen LogP contribution in [-0.4, -0.2) is 40.1 Å². The SMILES string of the molecule is COCC(C)n1c(SCC(=O)O)nc2cc(I)ccc21. The van der Waals surface area contributed by atoms with Crippen LogP contribution in [0.1, 0.15) is 13.0 Å². The monoisotopic (exact) mass is 406 g/mol. The van der Waals surface area contributed by atoms with E-state index >= 15 is 0 Å². The summed E-state index contributed by atoms with van der Waals surface area (Å²) in [6.45, 7) is 2.59. The largest absolute Gasteiger partial charge is 0.481 e. The number of rotatable bonds is 6. The molecule has 0 amide bonds. The van der Waals surface area contributed by atoms with E-state index in [1.54, 1.807) is 7.11 Å². The normalized spacial score (nSPS) is 12.8. The fourth-order valence-corrected chi connectivity index (χ4v) is 3.33. The summed E-state index contributed by atoms with van der Waals surface area (Å²) in [6, 6.07) is 6.13. The Kier molecular flexibility index (Phi) is 5.28. The van der Waals surface area contributed by atoms with Gasteiger partial charge in [-0.3, -0.25) is 4.79 Å². The van der Waals surface area contributed by atoms with Crippen LogP contribution >= 0.6 is 34.4 Å². The zero-order valence-electron chi connectivity index (χ0n) is 11.2. The molecule has 1 unspecified atom stereocenters. The molecule has 0 aliphatic heterocycles. The number of aliphatic carboxylic acids is 1. The first-order valence-corrected chi connectivity index (χ1v) is 8.10. The maximum absolute atomic E-state index is 10.8. The minimum absolute atomic E-state index is 0.000115. The van der Waals surface area contributed by atoms with Gasteiger partial charge in [0.25, 0.3) is 0 Å². The van der Waals surface area contributed by atoms with Crippen LogP contribution in [0.15, 0.2) is 23.4 Å². The van der Waals surface area contributed by atoms with Crippen LogP contribution in [0.2, 0.25) is 0 Å². The molecule has 1 aromatic carbocycles. The van der Waals surface area contributed by atoms with Crippen LogP contribution in [0.5, 0.6) is 0 Å². The maximum Gasteiger partial charge on any atom is 0.313 e. The number of aromatic nitrogens is 2. The van der Waals surface area contributed by atoms with Crippen molar-refractivity contribution >= 4 is 51.4 Å². The van der Waals surface area contributed by atoms with E-state index in [0.717, 1.165) is 14.6 Å². The first-order valence-electron chi connectivity index (χ1n) is 6.04. The summed E-state index contributed by atoms with van der Waals surface area (Å²) in [5, 5.41) is 9.56. The summed E-state index contributed by atoms with van der Waals surface area (Å²) in [6.07, 6.45) is 0. The van der Waals surface area contributed by atoms with E-state index in [-0.39, 0.29) is 11.8 Å². The van der Waals surface area contributed by atoms with E-state index in [1.807, 2.05) is 29.7 Å². The molecule has 1 N–H and O–H groups in total. The summed E-state index contributed by atoms with van der Waals surface area (Å²) < 4.78 is 8.35. The number of carbonyl (C=O) groups is 1. The van der Waals surface area contributed by atoms with Gasteiger partial charge in [0.1, 0.15) is 0 Å². The minimum Gasteiger partial charge on any atom is -0.481 e. The molecule has 0 saturated heterocycles. The summed E-state index contributed by atoms with van der Waals surface area (Å²) in [7, 11) is 1.66. The third kappa shape index (κ3) is 3.44. The van der Waals surface area contributed by atoms with Gasteiger partial charge in [-0.05, 0) is 47.7 Å². The topological polar surface area (TPSA) is 64.3 Å². The highest BCUT2D eigenvalue weighted by atomic mass is 127. The standard InChI is InChI=1S/C13H15IN2O3S/c1-8(6-19-2)16-11-4-3-9(14)5-10(11)15-13(16)20-7-12(17)18/h3-5,8H,6-7H2,1-2H3,(H,17,18). The Morgan fingerprint density at radius 3 is 3.00 bits per heavy atom. The Morgan fingerprint density at radius 1 is 1.60 bits per heavy atom. The summed E-state index contributed by atoms with van der Waals surface area (Å²) in [5.74, 6) is -0.845. The van der Waals surface area contributed by atoms with Gasteiger partial charge in [0.15, 0.2) is 5.16 Å². The molecule has 0 spiro atoms. The van der Waals surface area contributed by atoms with Gasteiger partial charge in [0.05, 0.1) is 29.4 Å². The molecule has 0 aliphatic carbocycles. The van der Waals surface area contributed by atoms with Gasteiger partial charge in [0, 0.05) is 10.7 Å². The van der Waals surface area contributed by atoms with Gasteiger partial charge < -0.3 is 14.4 Å². The van der Waals surface area contributed by atoms with Gasteiger partial charge in [-0.25, -0.2) is 4.98 Å². The molecule has 7 heteroatoms. The number of hydrogen-bond donors (Lipinski definition) is 1. The molecular weight excluding hydrogens is 391 g/mol. The van der Waals surface area contributed by atoms with E-state index in [0.29, 0.717) is 11.8 Å². The molecule has 0 bridgehead atoms. The number of nitrogens with zero attached hydrogens (tertiary/aromatic N) is 2. The molecule has 2 rings (SSSR count). The number of imidazole rings is 1. The summed E-state index contributed by atoms with van der Waals surface area (Å²) in [5.41, 5.74) is 1.88. The van der Waals surface area contributed by atoms with E-state index in [9.17, 15) is 4.79 Å². The van der Waals surface area contributed by atoms with Crippen molar-refractivity contribution in [1.82, 2.24) is 9.55 Å². The van der Waals surface area contributed by atoms with Crippen molar-refractivity contribution in [2.75, 3.05) is 19.5 Å². The second kappa shape index (κ2) is 6.77. The molecule has 108 valence electrons. The number of carboxylic acids is 1. The number of methoxy groups -OCH3 is 1. The van der Waals surface area contributed by atoms with Crippen molar-refractivity contribution < 1.29 is 14.6 Å². The third-order valence-corrected chi connectivity index (χ3v) is 4.40. The van der Waals surface area contributed by atoms with E-state index in [2.05, 4.69) is 27.6 Å². The summed E-state index contributed by atoms with van der Waals surface area (Å²) >= 11 is 3.48. The molecule has 0 aliphatic rings. The fourth-order valence-electron chi connectivity index (χ4n) is 2.02. The predicted molar refractivity (Wildman–Crippen MR) is 87.4 cm³/mol. The molecule has 1 atom stereocenters. The van der Waals surface area contributed by atoms with Gasteiger partial charge in [-0.2, -0.15) is 0 Å². The van der Waals surface area contributed by atoms with Crippen LogP contribution in [-0.2, 0) is 9.53 Å². The number of carboxylic acid groups (broad SMARTS) is 1. The average molecular weight is 406 g/mol. The van der Waals surface area contributed by atoms with E-state index in [4.69, 9.17) is 9.84 Å². The van der Waals surface area contributed by atoms with Crippen LogP contribution < -0.4 is 0 Å². The van der Waals surface area contributed by atoms with Crippen molar-refractivity contribution in [3.63, 3.8) is 0 Å². The highest BCUT2D eigenvalue weighted by Gasteiger charge is 2.17. The van der Waals surface area contributed by atoms with Crippen LogP contribution in [0, 0.1) is 3.57 Å². The molecule has 0 radical (unpaired) electrons. The third-order valence-electron chi connectivity index (χ3n) is 2.79. The quantitative estimate of drug-likeness (QED) is 0.590. The Balaban J connectivity index is 2.47. The van der Waals surface area contributed by atoms with Gasteiger partial charge in [-0.15, -0.1) is 0 Å². The maximum atomic E-state index is 10.8. The second-order valence-corrected chi connectivity index (χ2v) is 6.57. The van der Waals surface area contributed by atoms with E-state index in [1.165, 1.54) is 11.8 Å². The fraction of sp³-hybridized carbons (Fsp3) is 0.385. The highest BCUT2D eigenvalue weighted by Crippen LogP contribution is 2.28. The Labute approximate surface area is 134 Å². The number of hydrogen-bond acceptors (Lipinski definition) is 4. The Morgan fingerprint density at radius 2 is 2.35 bits per heavy atom. The first kappa shape index (κ1) is 15.6. The lowest BCUT2D eigenvalue weighted by Gasteiger charge is -2.16. The number of halogens is 1. The molecular formula is C13H15IN2O3S. The average Bonchev–Trinajstić information content (AvgIpc) is 2.74. The van der Waals surface area contributed by atoms with Crippen molar-refractivity contribution in [3.8, 4) is 0 Å². The lowest BCUT2D eigenvalue weighted by Crippen LogP contribution is -2.12. The van der Waals surface area contributed by atoms with Gasteiger partial charge >= 0.3 is 5.97 Å². The van der Waals surface area contributed by atoms with Gasteiger partial charge in [-0.1, -0.05) is 11.8 Å². The zero-order chi connectivity index (χ0) is 14.7. The lowest BCUT2D eigenvalue weighted by molar-refractivity contribution is -0.133. The van der Waals surface area contributed by atoms with Gasteiger partial charge in [0.2, 0.25) is 0 Å². The lowest BCUT2D eigenvalue weighted by atomic mass is 10.3. The Hall–Kier alpha value is -0.800. The van der Waals surface area contributed by atoms with Crippen LogP contribution in [0.3, 0.4) is 0 Å². The van der Waals surface area contributed by atoms with E-state index < -0.39 is 5.97 Å². The van der Waals surface area contributed by atoms with Crippen LogP contribution in [0.25, 0.3) is 11.0 Å². The molecule has 0 saturated carbocycles. The van der Waals surface area contributed by atoms with Crippen LogP contribution in [0.4, 0.5) is 0 Å². The zero-order valence-corrected chi connectivity index (χ0v) is 14.1. The molecule has 0 fully saturated rings. The van der Waals surface area contributed by atoms with Crippen molar-refractivity contribution in [3.05, 3.63) is 21.8 Å². The predicted octanol–water partition coefficient (Wildman–Crippen LogP) is 3.03. The molecule has 1 heterocycles. The molecule has 20 heavy (non-hydrogen) atoms. The number of thioether (sulfide) groups is 1. The smallest absolute Gasteiger partial charge is 0.313 e. The van der Waals surface area contributed by atoms with Crippen molar-refractivity contribution in [2.24, 2.45) is 0 Å². The number of ether oxygens (including phenoxy) is 1. The molecule has 1 aromatic heterocycles.